The number of hydrogen-bond acceptors (Lipinski definition) is 3. The average Bonchev–Trinajstić information content (AvgIpc) is 3.36. The zero-order chi connectivity index (χ0) is 18.6. The molecule has 0 aliphatic heterocycles. The third-order valence-electron chi connectivity index (χ3n) is 4.76. The molecule has 4 rings (SSSR count). The van der Waals surface area contributed by atoms with Crippen molar-refractivity contribution in [1.82, 2.24) is 15.2 Å². The van der Waals surface area contributed by atoms with Gasteiger partial charge in [-0.05, 0) is 18.1 Å². The maximum Gasteiger partial charge on any atom is 0.229 e. The molecule has 6 nitrogen and oxygen atoms in total. The number of rotatable bonds is 6. The summed E-state index contributed by atoms with van der Waals surface area (Å²) in [7, 11) is 0. The lowest BCUT2D eigenvalue weighted by molar-refractivity contribution is -0.119. The van der Waals surface area contributed by atoms with E-state index >= 15 is 0 Å². The van der Waals surface area contributed by atoms with Crippen molar-refractivity contribution < 1.29 is 4.79 Å². The number of nitrogens with zero attached hydrogens (tertiary/aromatic N) is 1. The molecule has 0 unspecified atom stereocenters. The average molecular weight is 359 g/mol. The van der Waals surface area contributed by atoms with Crippen molar-refractivity contribution in [1.29, 1.82) is 0 Å². The van der Waals surface area contributed by atoms with Crippen molar-refractivity contribution in [2.75, 3.05) is 11.9 Å². The van der Waals surface area contributed by atoms with Crippen LogP contribution in [-0.4, -0.2) is 27.6 Å². The molecule has 0 saturated carbocycles. The summed E-state index contributed by atoms with van der Waals surface area (Å²) in [5.41, 5.74) is 10.6. The predicted molar refractivity (Wildman–Crippen MR) is 107 cm³/mol. The van der Waals surface area contributed by atoms with E-state index < -0.39 is 0 Å². The third kappa shape index (κ3) is 3.47. The zero-order valence-corrected chi connectivity index (χ0v) is 14.8. The van der Waals surface area contributed by atoms with Crippen molar-refractivity contribution in [2.45, 2.75) is 6.42 Å². The summed E-state index contributed by atoms with van der Waals surface area (Å²) < 4.78 is 0. The highest BCUT2D eigenvalue weighted by molar-refractivity contribution is 6.06. The molecule has 2 aromatic carbocycles. The topological polar surface area (TPSA) is 99.6 Å². The minimum absolute atomic E-state index is 0.0756. The molecule has 1 amide bonds. The van der Waals surface area contributed by atoms with Gasteiger partial charge in [0.05, 0.1) is 23.3 Å². The molecule has 0 saturated heterocycles. The Kier molecular flexibility index (Phi) is 4.72. The number of amides is 1. The number of anilines is 1. The maximum atomic E-state index is 12.8. The summed E-state index contributed by atoms with van der Waals surface area (Å²) in [6.45, 7) is 0.293. The van der Waals surface area contributed by atoms with Gasteiger partial charge in [-0.3, -0.25) is 9.89 Å². The Hall–Kier alpha value is -3.38. The Balaban J connectivity index is 1.58. The predicted octanol–water partition coefficient (Wildman–Crippen LogP) is 3.31. The highest BCUT2D eigenvalue weighted by Crippen LogP contribution is 2.32. The molecule has 6 heteroatoms. The molecule has 0 bridgehead atoms. The Bertz CT molecular complexity index is 1040. The summed E-state index contributed by atoms with van der Waals surface area (Å²) in [5.74, 6) is -0.362. The number of nitrogens with two attached hydrogens (primary N) is 1. The van der Waals surface area contributed by atoms with Crippen molar-refractivity contribution in [3.8, 4) is 11.1 Å². The monoisotopic (exact) mass is 359 g/mol. The van der Waals surface area contributed by atoms with Crippen LogP contribution in [0.25, 0.3) is 22.0 Å². The fourth-order valence-electron chi connectivity index (χ4n) is 3.31. The molecule has 0 aliphatic carbocycles. The summed E-state index contributed by atoms with van der Waals surface area (Å²) in [4.78, 5) is 16.1. The second kappa shape index (κ2) is 7.47. The van der Waals surface area contributed by atoms with E-state index in [-0.39, 0.29) is 11.8 Å². The van der Waals surface area contributed by atoms with Crippen molar-refractivity contribution in [2.24, 2.45) is 11.7 Å². The lowest BCUT2D eigenvalue weighted by Gasteiger charge is -2.15. The van der Waals surface area contributed by atoms with Crippen LogP contribution in [0.15, 0.2) is 67.1 Å². The largest absolute Gasteiger partial charge is 0.359 e. The first-order valence-electron chi connectivity index (χ1n) is 8.90. The number of carbonyl (C=O) groups is 1. The van der Waals surface area contributed by atoms with Crippen molar-refractivity contribution in [3.63, 3.8) is 0 Å². The molecule has 2 aromatic heterocycles. The van der Waals surface area contributed by atoms with E-state index in [4.69, 9.17) is 5.73 Å². The lowest BCUT2D eigenvalue weighted by atomic mass is 9.98. The summed E-state index contributed by atoms with van der Waals surface area (Å²) in [6, 6.07) is 15.8. The Labute approximate surface area is 156 Å². The first-order valence-corrected chi connectivity index (χ1v) is 8.90. The number of benzene rings is 2. The molecule has 0 aliphatic rings. The minimum Gasteiger partial charge on any atom is -0.359 e. The van der Waals surface area contributed by atoms with Gasteiger partial charge >= 0.3 is 0 Å². The van der Waals surface area contributed by atoms with Gasteiger partial charge in [0.15, 0.2) is 0 Å². The van der Waals surface area contributed by atoms with Gasteiger partial charge in [0.2, 0.25) is 5.91 Å². The molecule has 27 heavy (non-hydrogen) atoms. The summed E-state index contributed by atoms with van der Waals surface area (Å²) in [5, 5.41) is 10.9. The van der Waals surface area contributed by atoms with E-state index in [1.807, 2.05) is 60.9 Å². The fraction of sp³-hybridized carbons (Fsp3) is 0.143. The van der Waals surface area contributed by atoms with Gasteiger partial charge in [0, 0.05) is 35.5 Å². The van der Waals surface area contributed by atoms with Crippen LogP contribution in [0.1, 0.15) is 5.56 Å². The van der Waals surface area contributed by atoms with Crippen LogP contribution in [0.4, 0.5) is 5.69 Å². The van der Waals surface area contributed by atoms with Gasteiger partial charge in [0.25, 0.3) is 0 Å². The SMILES string of the molecule is NC[C@@H](Cc1ccccc1)C(=O)Nc1cccc2c(-c3cn[nH]c3)c[nH]c12. The Morgan fingerprint density at radius 3 is 2.70 bits per heavy atom. The molecular formula is C21H21N5O. The van der Waals surface area contributed by atoms with Crippen molar-refractivity contribution in [3.05, 3.63) is 72.7 Å². The van der Waals surface area contributed by atoms with Crippen LogP contribution in [-0.2, 0) is 11.2 Å². The quantitative estimate of drug-likeness (QED) is 0.425. The molecule has 136 valence electrons. The molecule has 4 aromatic rings. The lowest BCUT2D eigenvalue weighted by Crippen LogP contribution is -2.31. The number of para-hydroxylation sites is 1. The number of fused-ring (bicyclic) bond motifs is 1. The van der Waals surface area contributed by atoms with Crippen molar-refractivity contribution >= 4 is 22.5 Å². The van der Waals surface area contributed by atoms with E-state index in [0.29, 0.717) is 13.0 Å². The van der Waals surface area contributed by atoms with E-state index in [0.717, 1.165) is 33.3 Å². The number of aromatic nitrogens is 3. The third-order valence-corrected chi connectivity index (χ3v) is 4.76. The van der Waals surface area contributed by atoms with Gasteiger partial charge in [-0.15, -0.1) is 0 Å². The van der Waals surface area contributed by atoms with Crippen LogP contribution in [0.2, 0.25) is 0 Å². The Morgan fingerprint density at radius 2 is 1.96 bits per heavy atom. The highest BCUT2D eigenvalue weighted by atomic mass is 16.1. The first kappa shape index (κ1) is 17.1. The van der Waals surface area contributed by atoms with Crippen LogP contribution < -0.4 is 11.1 Å². The van der Waals surface area contributed by atoms with E-state index in [2.05, 4.69) is 20.5 Å². The first-order chi connectivity index (χ1) is 13.3. The maximum absolute atomic E-state index is 12.8. The van der Waals surface area contributed by atoms with Gasteiger partial charge in [-0.2, -0.15) is 5.10 Å². The molecule has 0 radical (unpaired) electrons. The van der Waals surface area contributed by atoms with Crippen LogP contribution >= 0.6 is 0 Å². The standard InChI is InChI=1S/C21H21N5O/c22-10-15(9-14-5-2-1-3-6-14)21(27)26-19-8-4-7-17-18(13-23-20(17)19)16-11-24-25-12-16/h1-8,11-13,15,23H,9-10,22H2,(H,24,25)(H,26,27)/t15-/m1/s1. The summed E-state index contributed by atoms with van der Waals surface area (Å²) in [6.07, 6.45) is 6.16. The van der Waals surface area contributed by atoms with Crippen LogP contribution in [0, 0.1) is 5.92 Å². The zero-order valence-electron chi connectivity index (χ0n) is 14.8. The van der Waals surface area contributed by atoms with Gasteiger partial charge in [-0.1, -0.05) is 42.5 Å². The second-order valence-electron chi connectivity index (χ2n) is 6.53. The number of nitrogens with one attached hydrogen (secondary N) is 3. The highest BCUT2D eigenvalue weighted by Gasteiger charge is 2.19. The normalized spacial score (nSPS) is 12.2. The Morgan fingerprint density at radius 1 is 1.11 bits per heavy atom. The molecule has 0 fully saturated rings. The van der Waals surface area contributed by atoms with E-state index in [1.54, 1.807) is 6.20 Å². The van der Waals surface area contributed by atoms with E-state index in [1.165, 1.54) is 0 Å². The van der Waals surface area contributed by atoms with Crippen LogP contribution in [0.5, 0.6) is 0 Å². The number of aromatic amines is 2. The number of hydrogen-bond donors (Lipinski definition) is 4. The smallest absolute Gasteiger partial charge is 0.229 e. The molecule has 1 atom stereocenters. The summed E-state index contributed by atoms with van der Waals surface area (Å²) >= 11 is 0. The molecule has 0 spiro atoms. The fourth-order valence-corrected chi connectivity index (χ4v) is 3.31. The second-order valence-corrected chi connectivity index (χ2v) is 6.53. The number of H-pyrrole nitrogens is 2. The minimum atomic E-state index is -0.286. The molecular weight excluding hydrogens is 338 g/mol. The number of carbonyl (C=O) groups excluding carboxylic acids is 1. The van der Waals surface area contributed by atoms with Gasteiger partial charge < -0.3 is 16.0 Å². The van der Waals surface area contributed by atoms with E-state index in [9.17, 15) is 4.79 Å². The van der Waals surface area contributed by atoms with Gasteiger partial charge in [0.1, 0.15) is 0 Å². The molecule has 2 heterocycles. The van der Waals surface area contributed by atoms with Crippen LogP contribution in [0.3, 0.4) is 0 Å². The van der Waals surface area contributed by atoms with Gasteiger partial charge in [-0.25, -0.2) is 0 Å². The molecule has 5 N–H and O–H groups in total.